The van der Waals surface area contributed by atoms with E-state index in [0.29, 0.717) is 32.5 Å². The van der Waals surface area contributed by atoms with Crippen LogP contribution in [0.1, 0.15) is 30.4 Å². The number of piperidine rings is 1. The van der Waals surface area contributed by atoms with Gasteiger partial charge in [-0.2, -0.15) is 4.31 Å². The Bertz CT molecular complexity index is 909. The predicted octanol–water partition coefficient (Wildman–Crippen LogP) is 2.16. The summed E-state index contributed by atoms with van der Waals surface area (Å²) in [6.07, 6.45) is 1.24. The molecule has 0 atom stereocenters. The highest BCUT2D eigenvalue weighted by molar-refractivity contribution is 7.89. The standard InChI is InChI=1S/C16H19ClFN5O2S.ClH/c17-12-2-1-3-13(18)15(12)26(24,25)22-7-4-11(5-8-22)16-21-20-14-10-19-6-9-23(14)16;/h1-3,11,19H,4-10H2;1H. The number of hydrogen-bond donors (Lipinski definition) is 1. The number of rotatable bonds is 3. The van der Waals surface area contributed by atoms with Gasteiger partial charge in [-0.15, -0.1) is 22.6 Å². The largest absolute Gasteiger partial charge is 0.312 e. The van der Waals surface area contributed by atoms with Crippen molar-refractivity contribution in [3.63, 3.8) is 0 Å². The molecule has 0 spiro atoms. The Balaban J connectivity index is 0.00000210. The zero-order valence-electron chi connectivity index (χ0n) is 14.4. The van der Waals surface area contributed by atoms with Crippen molar-refractivity contribution >= 4 is 34.0 Å². The summed E-state index contributed by atoms with van der Waals surface area (Å²) in [4.78, 5) is -0.439. The quantitative estimate of drug-likeness (QED) is 0.798. The number of nitrogens with zero attached hydrogens (tertiary/aromatic N) is 4. The van der Waals surface area contributed by atoms with Gasteiger partial charge in [0, 0.05) is 32.1 Å². The molecule has 0 radical (unpaired) electrons. The van der Waals surface area contributed by atoms with Crippen LogP contribution in [0.15, 0.2) is 23.1 Å². The summed E-state index contributed by atoms with van der Waals surface area (Å²) in [6.45, 7) is 3.00. The molecule has 0 saturated carbocycles. The number of halogens is 3. The van der Waals surface area contributed by atoms with Crippen LogP contribution < -0.4 is 5.32 Å². The summed E-state index contributed by atoms with van der Waals surface area (Å²) in [6, 6.07) is 3.90. The third-order valence-corrected chi connectivity index (χ3v) is 7.39. The van der Waals surface area contributed by atoms with E-state index in [1.54, 1.807) is 0 Å². The Kier molecular flexibility index (Phi) is 6.07. The van der Waals surface area contributed by atoms with Crippen molar-refractivity contribution in [2.75, 3.05) is 19.6 Å². The molecule has 0 aliphatic carbocycles. The highest BCUT2D eigenvalue weighted by Gasteiger charge is 2.35. The summed E-state index contributed by atoms with van der Waals surface area (Å²) in [5.74, 6) is 1.16. The second-order valence-corrected chi connectivity index (χ2v) is 8.81. The molecular formula is C16H20Cl2FN5O2S. The van der Waals surface area contributed by atoms with E-state index in [-0.39, 0.29) is 23.3 Å². The van der Waals surface area contributed by atoms with Crippen molar-refractivity contribution < 1.29 is 12.8 Å². The monoisotopic (exact) mass is 435 g/mol. The molecule has 2 aromatic rings. The van der Waals surface area contributed by atoms with Crippen LogP contribution in [0.4, 0.5) is 4.39 Å². The molecule has 1 N–H and O–H groups in total. The molecule has 0 amide bonds. The molecule has 148 valence electrons. The second-order valence-electron chi connectivity index (χ2n) is 6.53. The van der Waals surface area contributed by atoms with Crippen LogP contribution in [0.2, 0.25) is 5.02 Å². The van der Waals surface area contributed by atoms with E-state index in [1.807, 2.05) is 0 Å². The van der Waals surface area contributed by atoms with E-state index in [0.717, 1.165) is 30.8 Å². The summed E-state index contributed by atoms with van der Waals surface area (Å²) in [7, 11) is -3.96. The topological polar surface area (TPSA) is 80.1 Å². The third-order valence-electron chi connectivity index (χ3n) is 4.99. The molecule has 3 heterocycles. The van der Waals surface area contributed by atoms with Gasteiger partial charge in [0.2, 0.25) is 10.0 Å². The van der Waals surface area contributed by atoms with E-state index in [9.17, 15) is 12.8 Å². The second kappa shape index (κ2) is 8.00. The number of fused-ring (bicyclic) bond motifs is 1. The molecule has 1 saturated heterocycles. The van der Waals surface area contributed by atoms with Gasteiger partial charge in [0.25, 0.3) is 0 Å². The maximum Gasteiger partial charge on any atom is 0.247 e. The molecule has 0 unspecified atom stereocenters. The molecule has 1 aromatic carbocycles. The van der Waals surface area contributed by atoms with Crippen LogP contribution in [0.25, 0.3) is 0 Å². The third kappa shape index (κ3) is 3.71. The molecule has 7 nitrogen and oxygen atoms in total. The Labute approximate surface area is 168 Å². The number of hydrogen-bond acceptors (Lipinski definition) is 5. The lowest BCUT2D eigenvalue weighted by atomic mass is 9.97. The minimum absolute atomic E-state index is 0. The van der Waals surface area contributed by atoms with Gasteiger partial charge in [0.05, 0.1) is 11.6 Å². The number of nitrogens with one attached hydrogen (secondary N) is 1. The summed E-state index contributed by atoms with van der Waals surface area (Å²) in [5, 5.41) is 11.7. The predicted molar refractivity (Wildman–Crippen MR) is 101 cm³/mol. The van der Waals surface area contributed by atoms with E-state index in [4.69, 9.17) is 11.6 Å². The summed E-state index contributed by atoms with van der Waals surface area (Å²) in [5.41, 5.74) is 0. The highest BCUT2D eigenvalue weighted by Crippen LogP contribution is 2.33. The van der Waals surface area contributed by atoms with Crippen molar-refractivity contribution in [2.24, 2.45) is 0 Å². The number of sulfonamides is 1. The SMILES string of the molecule is Cl.O=S(=O)(c1c(F)cccc1Cl)N1CCC(c2nnc3n2CCNC3)CC1. The van der Waals surface area contributed by atoms with Crippen LogP contribution in [-0.2, 0) is 23.1 Å². The molecule has 0 bridgehead atoms. The van der Waals surface area contributed by atoms with Crippen LogP contribution in [0, 0.1) is 5.82 Å². The van der Waals surface area contributed by atoms with E-state index < -0.39 is 20.7 Å². The van der Waals surface area contributed by atoms with Crippen LogP contribution in [0.5, 0.6) is 0 Å². The molecule has 1 fully saturated rings. The van der Waals surface area contributed by atoms with Crippen molar-refractivity contribution in [3.8, 4) is 0 Å². The van der Waals surface area contributed by atoms with E-state index >= 15 is 0 Å². The fourth-order valence-corrected chi connectivity index (χ4v) is 5.66. The number of aromatic nitrogens is 3. The van der Waals surface area contributed by atoms with Gasteiger partial charge in [-0.05, 0) is 25.0 Å². The molecule has 2 aliphatic rings. The first-order valence-electron chi connectivity index (χ1n) is 8.55. The number of benzene rings is 1. The lowest BCUT2D eigenvalue weighted by Crippen LogP contribution is -2.39. The maximum absolute atomic E-state index is 14.1. The molecule has 2 aliphatic heterocycles. The van der Waals surface area contributed by atoms with Gasteiger partial charge in [-0.1, -0.05) is 17.7 Å². The Morgan fingerprint density at radius 1 is 1.19 bits per heavy atom. The van der Waals surface area contributed by atoms with Crippen molar-refractivity contribution in [1.82, 2.24) is 24.4 Å². The zero-order chi connectivity index (χ0) is 18.3. The lowest BCUT2D eigenvalue weighted by Gasteiger charge is -2.31. The van der Waals surface area contributed by atoms with Gasteiger partial charge in [0.15, 0.2) is 0 Å². The van der Waals surface area contributed by atoms with Crippen LogP contribution in [0.3, 0.4) is 0 Å². The highest BCUT2D eigenvalue weighted by atomic mass is 35.5. The van der Waals surface area contributed by atoms with Gasteiger partial charge in [-0.3, -0.25) is 0 Å². The fourth-order valence-electron chi connectivity index (χ4n) is 3.63. The van der Waals surface area contributed by atoms with Crippen LogP contribution in [-0.4, -0.2) is 47.1 Å². The average Bonchev–Trinajstić information content (AvgIpc) is 3.05. The molecule has 1 aromatic heterocycles. The first-order valence-corrected chi connectivity index (χ1v) is 10.4. The summed E-state index contributed by atoms with van der Waals surface area (Å²) >= 11 is 5.95. The normalized spacial score (nSPS) is 18.7. The molecule has 11 heteroatoms. The molecule has 27 heavy (non-hydrogen) atoms. The first-order chi connectivity index (χ1) is 12.5. The minimum Gasteiger partial charge on any atom is -0.312 e. The smallest absolute Gasteiger partial charge is 0.247 e. The first kappa shape index (κ1) is 20.5. The molecular weight excluding hydrogens is 416 g/mol. The van der Waals surface area contributed by atoms with Gasteiger partial charge in [-0.25, -0.2) is 12.8 Å². The van der Waals surface area contributed by atoms with E-state index in [1.165, 1.54) is 16.4 Å². The lowest BCUT2D eigenvalue weighted by molar-refractivity contribution is 0.306. The zero-order valence-corrected chi connectivity index (χ0v) is 16.8. The Hall–Kier alpha value is -1.26. The van der Waals surface area contributed by atoms with Gasteiger partial charge < -0.3 is 9.88 Å². The molecule has 4 rings (SSSR count). The van der Waals surface area contributed by atoms with Crippen molar-refractivity contribution in [3.05, 3.63) is 40.7 Å². The van der Waals surface area contributed by atoms with Crippen LogP contribution >= 0.6 is 24.0 Å². The fraction of sp³-hybridized carbons (Fsp3) is 0.500. The van der Waals surface area contributed by atoms with E-state index in [2.05, 4.69) is 20.1 Å². The van der Waals surface area contributed by atoms with Crippen molar-refractivity contribution in [2.45, 2.75) is 36.7 Å². The summed E-state index contributed by atoms with van der Waals surface area (Å²) < 4.78 is 43.1. The van der Waals surface area contributed by atoms with Gasteiger partial charge >= 0.3 is 0 Å². The minimum atomic E-state index is -3.96. The maximum atomic E-state index is 14.1. The Morgan fingerprint density at radius 3 is 2.63 bits per heavy atom. The van der Waals surface area contributed by atoms with Gasteiger partial charge in [0.1, 0.15) is 22.4 Å². The van der Waals surface area contributed by atoms with Crippen molar-refractivity contribution in [1.29, 1.82) is 0 Å². The Morgan fingerprint density at radius 2 is 1.93 bits per heavy atom. The average molecular weight is 436 g/mol.